The van der Waals surface area contributed by atoms with E-state index >= 15 is 0 Å². The van der Waals surface area contributed by atoms with E-state index in [2.05, 4.69) is 19.2 Å². The molecule has 0 unspecified atom stereocenters. The summed E-state index contributed by atoms with van der Waals surface area (Å²) in [5.74, 6) is -0.848. The Labute approximate surface area is 125 Å². The van der Waals surface area contributed by atoms with Gasteiger partial charge in [-0.1, -0.05) is 61.3 Å². The predicted octanol–water partition coefficient (Wildman–Crippen LogP) is 3.49. The first kappa shape index (κ1) is 24.0. The number of unbranched alkanes of at least 4 members (excludes halogenated alkanes) is 1. The zero-order valence-corrected chi connectivity index (χ0v) is 14.8. The third-order valence-electron chi connectivity index (χ3n) is 2.42. The molecule has 0 saturated heterocycles. The van der Waals surface area contributed by atoms with E-state index in [-0.39, 0.29) is 23.7 Å². The van der Waals surface area contributed by atoms with Crippen molar-refractivity contribution in [1.82, 2.24) is 5.32 Å². The number of nitrogens with one attached hydrogen (secondary N) is 1. The number of hydrogen-bond acceptors (Lipinski definition) is 2. The molecule has 3 N–H and O–H groups in total. The van der Waals surface area contributed by atoms with Crippen LogP contribution in [-0.2, 0) is 9.59 Å². The molecule has 0 bridgehead atoms. The molecule has 0 aromatic heterocycles. The Balaban J connectivity index is -0.000000410. The largest absolute Gasteiger partial charge is 0.370 e. The topological polar surface area (TPSA) is 72.2 Å². The molecule has 0 aliphatic heterocycles. The van der Waals surface area contributed by atoms with Gasteiger partial charge in [0.05, 0.1) is 0 Å². The van der Waals surface area contributed by atoms with Gasteiger partial charge in [-0.25, -0.2) is 0 Å². The summed E-state index contributed by atoms with van der Waals surface area (Å²) in [6.07, 6.45) is 3.42. The zero-order valence-electron chi connectivity index (χ0n) is 14.8. The van der Waals surface area contributed by atoms with Crippen molar-refractivity contribution >= 4 is 11.8 Å². The first-order valence-corrected chi connectivity index (χ1v) is 7.67. The minimum absolute atomic E-state index is 0.0205. The van der Waals surface area contributed by atoms with Gasteiger partial charge in [-0.15, -0.1) is 0 Å². The highest BCUT2D eigenvalue weighted by molar-refractivity contribution is 5.84. The molecule has 0 fully saturated rings. The Morgan fingerprint density at radius 2 is 1.50 bits per heavy atom. The Bertz CT molecular complexity index is 243. The summed E-state index contributed by atoms with van der Waals surface area (Å²) in [6.45, 7) is 14.5. The summed E-state index contributed by atoms with van der Waals surface area (Å²) < 4.78 is 0. The standard InChI is InChI=1S/C10H20N2O2.C4H10.C2H6/c1-10(2,3)6-7(5-8(11)13)9(14)12-4;1-3-4-2;1-2/h7H,5-6H2,1-4H3,(H2,11,13)(H,12,14);3-4H2,1-2H3;1-2H3/t7-;;/m0../s1. The van der Waals surface area contributed by atoms with E-state index in [1.165, 1.54) is 12.8 Å². The van der Waals surface area contributed by atoms with Gasteiger partial charge in [-0.2, -0.15) is 0 Å². The number of carbonyl (C=O) groups is 2. The SMILES string of the molecule is CC.CCCC.CNC(=O)[C@@H](CC(N)=O)CC(C)(C)C. The molecular weight excluding hydrogens is 252 g/mol. The van der Waals surface area contributed by atoms with Gasteiger partial charge in [-0.05, 0) is 11.8 Å². The average molecular weight is 288 g/mol. The van der Waals surface area contributed by atoms with Crippen molar-refractivity contribution < 1.29 is 9.59 Å². The van der Waals surface area contributed by atoms with E-state index < -0.39 is 5.91 Å². The second-order valence-corrected chi connectivity index (χ2v) is 5.75. The van der Waals surface area contributed by atoms with E-state index in [4.69, 9.17) is 5.73 Å². The molecule has 20 heavy (non-hydrogen) atoms. The lowest BCUT2D eigenvalue weighted by molar-refractivity contribution is -0.129. The lowest BCUT2D eigenvalue weighted by atomic mass is 9.82. The summed E-state index contributed by atoms with van der Waals surface area (Å²) in [5, 5.41) is 2.55. The molecule has 0 rings (SSSR count). The van der Waals surface area contributed by atoms with Gasteiger partial charge in [0.1, 0.15) is 0 Å². The minimum atomic E-state index is -0.428. The average Bonchev–Trinajstić information content (AvgIpc) is 2.37. The Kier molecular flexibility index (Phi) is 17.2. The fourth-order valence-electron chi connectivity index (χ4n) is 1.44. The Hall–Kier alpha value is -1.06. The number of carbonyl (C=O) groups excluding carboxylic acids is 2. The normalized spacial score (nSPS) is 11.2. The van der Waals surface area contributed by atoms with Gasteiger partial charge in [0, 0.05) is 19.4 Å². The monoisotopic (exact) mass is 288 g/mol. The summed E-state index contributed by atoms with van der Waals surface area (Å²) in [6, 6.07) is 0. The molecule has 122 valence electrons. The van der Waals surface area contributed by atoms with E-state index in [1.807, 2.05) is 34.6 Å². The van der Waals surface area contributed by atoms with Crippen molar-refractivity contribution in [3.8, 4) is 0 Å². The number of nitrogens with two attached hydrogens (primary N) is 1. The van der Waals surface area contributed by atoms with Gasteiger partial charge < -0.3 is 11.1 Å². The molecule has 4 heteroatoms. The first-order chi connectivity index (χ1) is 9.17. The van der Waals surface area contributed by atoms with Crippen molar-refractivity contribution in [2.24, 2.45) is 17.1 Å². The summed E-state index contributed by atoms with van der Waals surface area (Å²) in [7, 11) is 1.57. The van der Waals surface area contributed by atoms with Crippen LogP contribution in [0.25, 0.3) is 0 Å². The fraction of sp³-hybridized carbons (Fsp3) is 0.875. The second kappa shape index (κ2) is 14.4. The summed E-state index contributed by atoms with van der Waals surface area (Å²) >= 11 is 0. The van der Waals surface area contributed by atoms with Crippen LogP contribution in [-0.4, -0.2) is 18.9 Å². The lowest BCUT2D eigenvalue weighted by Crippen LogP contribution is -2.33. The maximum atomic E-state index is 11.4. The van der Waals surface area contributed by atoms with Crippen molar-refractivity contribution in [3.63, 3.8) is 0 Å². The van der Waals surface area contributed by atoms with Gasteiger partial charge in [0.2, 0.25) is 11.8 Å². The number of hydrogen-bond donors (Lipinski definition) is 2. The quantitative estimate of drug-likeness (QED) is 0.812. The molecule has 0 aliphatic carbocycles. The highest BCUT2D eigenvalue weighted by Gasteiger charge is 2.25. The molecule has 0 aromatic carbocycles. The van der Waals surface area contributed by atoms with Crippen LogP contribution in [0.5, 0.6) is 0 Å². The van der Waals surface area contributed by atoms with Crippen molar-refractivity contribution in [3.05, 3.63) is 0 Å². The van der Waals surface area contributed by atoms with Crippen LogP contribution >= 0.6 is 0 Å². The van der Waals surface area contributed by atoms with Crippen LogP contribution in [0, 0.1) is 11.3 Å². The molecule has 0 aliphatic rings. The number of rotatable bonds is 5. The van der Waals surface area contributed by atoms with Crippen molar-refractivity contribution in [2.75, 3.05) is 7.05 Å². The van der Waals surface area contributed by atoms with E-state index in [9.17, 15) is 9.59 Å². The molecular formula is C16H36N2O2. The number of amides is 2. The molecule has 4 nitrogen and oxygen atoms in total. The van der Waals surface area contributed by atoms with Gasteiger partial charge in [0.15, 0.2) is 0 Å². The highest BCUT2D eigenvalue weighted by Crippen LogP contribution is 2.26. The molecule has 1 atom stereocenters. The molecule has 0 aromatic rings. The first-order valence-electron chi connectivity index (χ1n) is 7.67. The third kappa shape index (κ3) is 19.3. The van der Waals surface area contributed by atoms with Gasteiger partial charge >= 0.3 is 0 Å². The van der Waals surface area contributed by atoms with Crippen molar-refractivity contribution in [1.29, 1.82) is 0 Å². The van der Waals surface area contributed by atoms with Crippen LogP contribution in [0.4, 0.5) is 0 Å². The van der Waals surface area contributed by atoms with Crippen LogP contribution in [0.15, 0.2) is 0 Å². The highest BCUT2D eigenvalue weighted by atomic mass is 16.2. The minimum Gasteiger partial charge on any atom is -0.370 e. The maximum Gasteiger partial charge on any atom is 0.223 e. The fourth-order valence-corrected chi connectivity index (χ4v) is 1.44. The van der Waals surface area contributed by atoms with E-state index in [0.29, 0.717) is 6.42 Å². The molecule has 0 spiro atoms. The second-order valence-electron chi connectivity index (χ2n) is 5.75. The maximum absolute atomic E-state index is 11.4. The van der Waals surface area contributed by atoms with Crippen LogP contribution in [0.2, 0.25) is 0 Å². The van der Waals surface area contributed by atoms with Crippen LogP contribution in [0.1, 0.15) is 74.1 Å². The van der Waals surface area contributed by atoms with Gasteiger partial charge in [0.25, 0.3) is 0 Å². The van der Waals surface area contributed by atoms with Gasteiger partial charge in [-0.3, -0.25) is 9.59 Å². The zero-order chi connectivity index (χ0) is 16.8. The predicted molar refractivity (Wildman–Crippen MR) is 87.4 cm³/mol. The van der Waals surface area contributed by atoms with Crippen molar-refractivity contribution in [2.45, 2.75) is 74.1 Å². The molecule has 2 amide bonds. The van der Waals surface area contributed by atoms with E-state index in [1.54, 1.807) is 7.05 Å². The lowest BCUT2D eigenvalue weighted by Gasteiger charge is -2.23. The molecule has 0 radical (unpaired) electrons. The Morgan fingerprint density at radius 1 is 1.10 bits per heavy atom. The molecule has 0 heterocycles. The van der Waals surface area contributed by atoms with E-state index in [0.717, 1.165) is 0 Å². The van der Waals surface area contributed by atoms with Crippen LogP contribution < -0.4 is 11.1 Å². The van der Waals surface area contributed by atoms with Crippen LogP contribution in [0.3, 0.4) is 0 Å². The third-order valence-corrected chi connectivity index (χ3v) is 2.42. The number of primary amides is 1. The smallest absolute Gasteiger partial charge is 0.223 e. The summed E-state index contributed by atoms with van der Waals surface area (Å²) in [4.78, 5) is 22.2. The molecule has 0 saturated carbocycles. The Morgan fingerprint density at radius 3 is 1.70 bits per heavy atom. The summed E-state index contributed by atoms with van der Waals surface area (Å²) in [5.41, 5.74) is 5.11.